The number of fused-ring (bicyclic) bond motifs is 1. The zero-order valence-corrected chi connectivity index (χ0v) is 14.2. The van der Waals surface area contributed by atoms with Gasteiger partial charge in [0, 0.05) is 32.1 Å². The molecule has 1 N–H and O–H groups in total. The van der Waals surface area contributed by atoms with Crippen molar-refractivity contribution in [2.45, 2.75) is 19.3 Å². The maximum absolute atomic E-state index is 12.8. The van der Waals surface area contributed by atoms with Crippen LogP contribution in [0, 0.1) is 5.92 Å². The number of hydrogen-bond acceptors (Lipinski definition) is 5. The second-order valence-corrected chi connectivity index (χ2v) is 6.12. The highest BCUT2D eigenvalue weighted by Crippen LogP contribution is 2.27. The van der Waals surface area contributed by atoms with Gasteiger partial charge in [0.2, 0.25) is 5.91 Å². The molecule has 132 valence electrons. The van der Waals surface area contributed by atoms with Gasteiger partial charge in [-0.1, -0.05) is 5.21 Å². The van der Waals surface area contributed by atoms with Gasteiger partial charge in [-0.25, -0.2) is 4.79 Å². The summed E-state index contributed by atoms with van der Waals surface area (Å²) in [4.78, 5) is 24.9. The number of carbonyl (C=O) groups is 2. The van der Waals surface area contributed by atoms with Crippen LogP contribution in [0.3, 0.4) is 0 Å². The van der Waals surface area contributed by atoms with E-state index in [0.717, 1.165) is 29.9 Å². The normalized spacial score (nSPS) is 16.2. The van der Waals surface area contributed by atoms with Crippen LogP contribution >= 0.6 is 0 Å². The third-order valence-corrected chi connectivity index (χ3v) is 4.46. The van der Waals surface area contributed by atoms with E-state index in [1.165, 1.54) is 0 Å². The molecular weight excluding hydrogens is 324 g/mol. The fourth-order valence-electron chi connectivity index (χ4n) is 3.03. The van der Waals surface area contributed by atoms with Gasteiger partial charge in [-0.05, 0) is 37.1 Å². The van der Waals surface area contributed by atoms with Crippen molar-refractivity contribution in [2.24, 2.45) is 13.0 Å². The molecule has 3 rings (SSSR count). The molecule has 0 saturated carbocycles. The molecule has 1 unspecified atom stereocenters. The smallest absolute Gasteiger partial charge is 0.341 e. The van der Waals surface area contributed by atoms with Gasteiger partial charge in [0.05, 0.1) is 11.4 Å². The minimum absolute atomic E-state index is 0.0473. The van der Waals surface area contributed by atoms with Crippen molar-refractivity contribution in [3.63, 3.8) is 0 Å². The summed E-state index contributed by atoms with van der Waals surface area (Å²) in [6, 6.07) is 6.81. The zero-order valence-electron chi connectivity index (χ0n) is 14.2. The van der Waals surface area contributed by atoms with Crippen molar-refractivity contribution >= 4 is 17.6 Å². The average Bonchev–Trinajstić information content (AvgIpc) is 2.99. The van der Waals surface area contributed by atoms with Crippen LogP contribution in [0.5, 0.6) is 5.75 Å². The Kier molecular flexibility index (Phi) is 4.69. The van der Waals surface area contributed by atoms with E-state index in [1.807, 2.05) is 7.05 Å². The Balaban J connectivity index is 1.66. The third-order valence-electron chi connectivity index (χ3n) is 4.46. The van der Waals surface area contributed by atoms with Gasteiger partial charge in [0.1, 0.15) is 5.75 Å². The Morgan fingerprint density at radius 1 is 1.36 bits per heavy atom. The van der Waals surface area contributed by atoms with Gasteiger partial charge >= 0.3 is 5.97 Å². The highest BCUT2D eigenvalue weighted by Gasteiger charge is 2.30. The SMILES string of the molecule is CN(C(=O)C1CCc2nnn(C)c2C1)c1ccc(OCC(=O)O)cc1. The summed E-state index contributed by atoms with van der Waals surface area (Å²) in [5, 5.41) is 16.8. The Morgan fingerprint density at radius 2 is 2.08 bits per heavy atom. The minimum Gasteiger partial charge on any atom is -0.482 e. The first-order chi connectivity index (χ1) is 12.0. The molecule has 1 aromatic carbocycles. The third kappa shape index (κ3) is 3.62. The van der Waals surface area contributed by atoms with Crippen LogP contribution in [0.25, 0.3) is 0 Å². The van der Waals surface area contributed by atoms with Gasteiger partial charge < -0.3 is 14.7 Å². The average molecular weight is 344 g/mol. The predicted molar refractivity (Wildman–Crippen MR) is 89.5 cm³/mol. The molecule has 1 aromatic heterocycles. The molecule has 0 spiro atoms. The van der Waals surface area contributed by atoms with Crippen molar-refractivity contribution in [1.29, 1.82) is 0 Å². The highest BCUT2D eigenvalue weighted by molar-refractivity contribution is 5.94. The van der Waals surface area contributed by atoms with Crippen molar-refractivity contribution in [3.05, 3.63) is 35.7 Å². The lowest BCUT2D eigenvalue weighted by atomic mass is 9.88. The molecule has 2 aromatic rings. The van der Waals surface area contributed by atoms with Crippen LogP contribution in [-0.4, -0.2) is 45.6 Å². The summed E-state index contributed by atoms with van der Waals surface area (Å²) < 4.78 is 6.84. The lowest BCUT2D eigenvalue weighted by molar-refractivity contribution is -0.139. The van der Waals surface area contributed by atoms with Crippen molar-refractivity contribution in [2.75, 3.05) is 18.6 Å². The summed E-state index contributed by atoms with van der Waals surface area (Å²) in [5.41, 5.74) is 2.74. The molecule has 0 saturated heterocycles. The molecule has 1 aliphatic rings. The van der Waals surface area contributed by atoms with Gasteiger partial charge in [0.25, 0.3) is 0 Å². The number of carboxylic acid groups (broad SMARTS) is 1. The lowest BCUT2D eigenvalue weighted by Gasteiger charge is -2.26. The lowest BCUT2D eigenvalue weighted by Crippen LogP contribution is -2.36. The first-order valence-corrected chi connectivity index (χ1v) is 8.05. The fraction of sp³-hybridized carbons (Fsp3) is 0.412. The molecule has 0 aliphatic heterocycles. The van der Waals surface area contributed by atoms with E-state index in [9.17, 15) is 9.59 Å². The second kappa shape index (κ2) is 6.92. The van der Waals surface area contributed by atoms with Crippen LogP contribution in [0.1, 0.15) is 17.8 Å². The van der Waals surface area contributed by atoms with E-state index in [0.29, 0.717) is 12.2 Å². The molecular formula is C17H20N4O4. The number of aliphatic carboxylic acids is 1. The molecule has 1 amide bonds. The van der Waals surface area contributed by atoms with Gasteiger partial charge in [-0.3, -0.25) is 9.48 Å². The standard InChI is InChI=1S/C17H20N4O4/c1-20(12-4-6-13(7-5-12)25-10-16(22)23)17(24)11-3-8-14-15(9-11)21(2)19-18-14/h4-7,11H,3,8-10H2,1-2H3,(H,22,23). The van der Waals surface area contributed by atoms with Crippen LogP contribution in [0.15, 0.2) is 24.3 Å². The molecule has 1 atom stereocenters. The van der Waals surface area contributed by atoms with Crippen molar-refractivity contribution in [1.82, 2.24) is 15.0 Å². The van der Waals surface area contributed by atoms with Crippen LogP contribution < -0.4 is 9.64 Å². The number of amides is 1. The first-order valence-electron chi connectivity index (χ1n) is 8.05. The summed E-state index contributed by atoms with van der Waals surface area (Å²) >= 11 is 0. The largest absolute Gasteiger partial charge is 0.482 e. The number of benzene rings is 1. The summed E-state index contributed by atoms with van der Waals surface area (Å²) in [6.07, 6.45) is 2.16. The van der Waals surface area contributed by atoms with Gasteiger partial charge in [0.15, 0.2) is 6.61 Å². The van der Waals surface area contributed by atoms with E-state index in [1.54, 1.807) is 40.9 Å². The van der Waals surface area contributed by atoms with Gasteiger partial charge in [-0.15, -0.1) is 5.10 Å². The first kappa shape index (κ1) is 16.9. The van der Waals surface area contributed by atoms with Crippen molar-refractivity contribution < 1.29 is 19.4 Å². The number of ether oxygens (including phenoxy) is 1. The molecule has 8 nitrogen and oxygen atoms in total. The predicted octanol–water partition coefficient (Wildman–Crippen LogP) is 1.05. The number of carboxylic acids is 1. The molecule has 1 heterocycles. The maximum Gasteiger partial charge on any atom is 0.341 e. The minimum atomic E-state index is -1.03. The molecule has 0 radical (unpaired) electrons. The summed E-state index contributed by atoms with van der Waals surface area (Å²) in [7, 11) is 3.59. The quantitative estimate of drug-likeness (QED) is 0.870. The van der Waals surface area contributed by atoms with E-state index >= 15 is 0 Å². The molecule has 0 fully saturated rings. The van der Waals surface area contributed by atoms with Crippen LogP contribution in [0.4, 0.5) is 5.69 Å². The topological polar surface area (TPSA) is 97.5 Å². The number of hydrogen-bond donors (Lipinski definition) is 1. The monoisotopic (exact) mass is 344 g/mol. The van der Waals surface area contributed by atoms with E-state index < -0.39 is 12.6 Å². The molecule has 25 heavy (non-hydrogen) atoms. The van der Waals surface area contributed by atoms with Crippen LogP contribution in [-0.2, 0) is 29.5 Å². The second-order valence-electron chi connectivity index (χ2n) is 6.12. The molecule has 0 bridgehead atoms. The maximum atomic E-state index is 12.8. The number of anilines is 1. The highest BCUT2D eigenvalue weighted by atomic mass is 16.5. The fourth-order valence-corrected chi connectivity index (χ4v) is 3.03. The molecule has 8 heteroatoms. The zero-order chi connectivity index (χ0) is 18.0. The Hall–Kier alpha value is -2.90. The van der Waals surface area contributed by atoms with E-state index in [2.05, 4.69) is 10.3 Å². The number of aromatic nitrogens is 3. The van der Waals surface area contributed by atoms with Crippen molar-refractivity contribution in [3.8, 4) is 5.75 Å². The Labute approximate surface area is 145 Å². The van der Waals surface area contributed by atoms with E-state index in [4.69, 9.17) is 9.84 Å². The molecule has 1 aliphatic carbocycles. The number of carbonyl (C=O) groups excluding carboxylic acids is 1. The Morgan fingerprint density at radius 3 is 2.76 bits per heavy atom. The number of nitrogens with zero attached hydrogens (tertiary/aromatic N) is 4. The Bertz CT molecular complexity index is 784. The summed E-state index contributed by atoms with van der Waals surface area (Å²) in [6.45, 7) is -0.392. The summed E-state index contributed by atoms with van der Waals surface area (Å²) in [5.74, 6) is -0.628. The van der Waals surface area contributed by atoms with Gasteiger partial charge in [-0.2, -0.15) is 0 Å². The van der Waals surface area contributed by atoms with Crippen LogP contribution in [0.2, 0.25) is 0 Å². The number of aryl methyl sites for hydroxylation is 2. The van der Waals surface area contributed by atoms with E-state index in [-0.39, 0.29) is 11.8 Å². The number of rotatable bonds is 5.